The molecule has 17 heavy (non-hydrogen) atoms. The minimum absolute atomic E-state index is 0.150. The van der Waals surface area contributed by atoms with Crippen LogP contribution in [0.25, 0.3) is 11.0 Å². The first-order chi connectivity index (χ1) is 8.19. The molecule has 2 aromatic rings. The third-order valence-electron chi connectivity index (χ3n) is 2.17. The molecule has 0 bridgehead atoms. The Hall–Kier alpha value is -2.14. The summed E-state index contributed by atoms with van der Waals surface area (Å²) in [5.74, 6) is -0.0737. The first-order valence-corrected chi connectivity index (χ1v) is 5.14. The zero-order chi connectivity index (χ0) is 12.3. The third-order valence-corrected chi connectivity index (χ3v) is 2.17. The van der Waals surface area contributed by atoms with Gasteiger partial charge in [-0.05, 0) is 18.2 Å². The number of esters is 1. The fourth-order valence-electron chi connectivity index (χ4n) is 1.40. The summed E-state index contributed by atoms with van der Waals surface area (Å²) in [5, 5.41) is 0.767. The quantitative estimate of drug-likeness (QED) is 0.486. The molecule has 0 fully saturated rings. The van der Waals surface area contributed by atoms with E-state index in [1.54, 1.807) is 18.2 Å². The summed E-state index contributed by atoms with van der Waals surface area (Å²) in [5.41, 5.74) is 5.18. The lowest BCUT2D eigenvalue weighted by molar-refractivity contribution is -0.134. The van der Waals surface area contributed by atoms with E-state index >= 15 is 0 Å². The fraction of sp³-hybridized carbons (Fsp3) is 0.167. The van der Waals surface area contributed by atoms with Gasteiger partial charge in [-0.15, -0.1) is 0 Å². The molecule has 0 saturated heterocycles. The van der Waals surface area contributed by atoms with Gasteiger partial charge in [0.2, 0.25) is 0 Å². The maximum atomic E-state index is 11.2. The van der Waals surface area contributed by atoms with Crippen LogP contribution < -0.4 is 16.1 Å². The summed E-state index contributed by atoms with van der Waals surface area (Å²) in [7, 11) is 0. The van der Waals surface area contributed by atoms with Crippen molar-refractivity contribution < 1.29 is 13.9 Å². The van der Waals surface area contributed by atoms with Crippen molar-refractivity contribution in [3.63, 3.8) is 0 Å². The van der Waals surface area contributed by atoms with E-state index in [0.717, 1.165) is 5.39 Å². The Labute approximate surface area is 96.8 Å². The summed E-state index contributed by atoms with van der Waals surface area (Å²) in [6.45, 7) is 0.238. The van der Waals surface area contributed by atoms with Gasteiger partial charge in [0.25, 0.3) is 0 Å². The van der Waals surface area contributed by atoms with E-state index in [1.165, 1.54) is 12.1 Å². The Morgan fingerprint density at radius 2 is 2.06 bits per heavy atom. The third kappa shape index (κ3) is 2.70. The highest BCUT2D eigenvalue weighted by molar-refractivity contribution is 5.79. The van der Waals surface area contributed by atoms with Crippen molar-refractivity contribution in [3.05, 3.63) is 40.8 Å². The average molecular weight is 233 g/mol. The number of ether oxygens (including phenoxy) is 1. The standard InChI is InChI=1S/C12H11NO4/c13-6-5-12(15)16-9-3-1-8-2-4-11(14)17-10(8)7-9/h1-4,7H,5-6,13H2. The summed E-state index contributed by atoms with van der Waals surface area (Å²) < 4.78 is 9.99. The lowest BCUT2D eigenvalue weighted by Gasteiger charge is -2.03. The SMILES string of the molecule is NCCC(=O)Oc1ccc2ccc(=O)oc2c1. The molecule has 0 aliphatic heterocycles. The molecule has 1 aromatic carbocycles. The highest BCUT2D eigenvalue weighted by Crippen LogP contribution is 2.19. The van der Waals surface area contributed by atoms with Crippen molar-refractivity contribution in [2.75, 3.05) is 6.54 Å². The van der Waals surface area contributed by atoms with Crippen LogP contribution in [0.2, 0.25) is 0 Å². The molecule has 1 aromatic heterocycles. The Morgan fingerprint density at radius 3 is 2.82 bits per heavy atom. The van der Waals surface area contributed by atoms with E-state index in [4.69, 9.17) is 14.9 Å². The second kappa shape index (κ2) is 4.80. The van der Waals surface area contributed by atoms with Gasteiger partial charge in [-0.2, -0.15) is 0 Å². The van der Waals surface area contributed by atoms with Crippen LogP contribution in [0.1, 0.15) is 6.42 Å². The van der Waals surface area contributed by atoms with Crippen molar-refractivity contribution in [1.29, 1.82) is 0 Å². The van der Waals surface area contributed by atoms with Crippen LogP contribution in [-0.4, -0.2) is 12.5 Å². The zero-order valence-electron chi connectivity index (χ0n) is 9.01. The van der Waals surface area contributed by atoms with E-state index in [-0.39, 0.29) is 13.0 Å². The molecule has 5 nitrogen and oxygen atoms in total. The summed E-state index contributed by atoms with van der Waals surface area (Å²) >= 11 is 0. The highest BCUT2D eigenvalue weighted by Gasteiger charge is 2.05. The lowest BCUT2D eigenvalue weighted by atomic mass is 10.2. The molecule has 88 valence electrons. The molecule has 1 heterocycles. The Kier molecular flexibility index (Phi) is 3.20. The summed E-state index contributed by atoms with van der Waals surface area (Å²) in [4.78, 5) is 22.2. The first-order valence-electron chi connectivity index (χ1n) is 5.14. The predicted octanol–water partition coefficient (Wildman–Crippen LogP) is 1.05. The van der Waals surface area contributed by atoms with E-state index in [0.29, 0.717) is 11.3 Å². The molecular weight excluding hydrogens is 222 g/mol. The van der Waals surface area contributed by atoms with Gasteiger partial charge in [0.05, 0.1) is 6.42 Å². The molecule has 2 N–H and O–H groups in total. The summed E-state index contributed by atoms with van der Waals surface area (Å²) in [6, 6.07) is 7.83. The average Bonchev–Trinajstić information content (AvgIpc) is 2.28. The van der Waals surface area contributed by atoms with Gasteiger partial charge in [0.15, 0.2) is 0 Å². The molecule has 0 unspecified atom stereocenters. The Bertz CT molecular complexity index is 603. The van der Waals surface area contributed by atoms with Crippen molar-refractivity contribution in [2.24, 2.45) is 5.73 Å². The first kappa shape index (κ1) is 11.3. The van der Waals surface area contributed by atoms with Gasteiger partial charge in [0.1, 0.15) is 11.3 Å². The second-order valence-electron chi connectivity index (χ2n) is 3.47. The monoisotopic (exact) mass is 233 g/mol. The zero-order valence-corrected chi connectivity index (χ0v) is 9.01. The normalized spacial score (nSPS) is 10.4. The van der Waals surface area contributed by atoms with Crippen molar-refractivity contribution in [2.45, 2.75) is 6.42 Å². The lowest BCUT2D eigenvalue weighted by Crippen LogP contribution is -2.13. The number of carbonyl (C=O) groups is 1. The predicted molar refractivity (Wildman–Crippen MR) is 61.8 cm³/mol. The second-order valence-corrected chi connectivity index (χ2v) is 3.47. The molecule has 0 atom stereocenters. The summed E-state index contributed by atoms with van der Waals surface area (Å²) in [6.07, 6.45) is 0.150. The minimum Gasteiger partial charge on any atom is -0.426 e. The molecule has 5 heteroatoms. The number of fused-ring (bicyclic) bond motifs is 1. The maximum Gasteiger partial charge on any atom is 0.336 e. The molecule has 0 aliphatic rings. The van der Waals surface area contributed by atoms with E-state index in [9.17, 15) is 9.59 Å². The highest BCUT2D eigenvalue weighted by atomic mass is 16.5. The van der Waals surface area contributed by atoms with Crippen LogP contribution in [0.5, 0.6) is 5.75 Å². The Balaban J connectivity index is 2.30. The van der Waals surface area contributed by atoms with Gasteiger partial charge in [-0.3, -0.25) is 4.79 Å². The van der Waals surface area contributed by atoms with Crippen molar-refractivity contribution in [3.8, 4) is 5.75 Å². The van der Waals surface area contributed by atoms with Crippen LogP contribution in [0.3, 0.4) is 0 Å². The van der Waals surface area contributed by atoms with Crippen molar-refractivity contribution in [1.82, 2.24) is 0 Å². The number of benzene rings is 1. The van der Waals surface area contributed by atoms with Gasteiger partial charge >= 0.3 is 11.6 Å². The van der Waals surface area contributed by atoms with Crippen LogP contribution in [0.15, 0.2) is 39.5 Å². The molecule has 0 radical (unpaired) electrons. The maximum absolute atomic E-state index is 11.2. The van der Waals surface area contributed by atoms with Gasteiger partial charge in [0, 0.05) is 24.1 Å². The Morgan fingerprint density at radius 1 is 1.29 bits per heavy atom. The van der Waals surface area contributed by atoms with E-state index in [2.05, 4.69) is 0 Å². The molecule has 0 spiro atoms. The number of nitrogens with two attached hydrogens (primary N) is 1. The topological polar surface area (TPSA) is 82.5 Å². The molecule has 2 rings (SSSR count). The van der Waals surface area contributed by atoms with Gasteiger partial charge in [-0.25, -0.2) is 4.79 Å². The number of rotatable bonds is 3. The van der Waals surface area contributed by atoms with Gasteiger partial charge in [-0.1, -0.05) is 0 Å². The molecule has 0 saturated carbocycles. The van der Waals surface area contributed by atoms with Crippen LogP contribution in [0, 0.1) is 0 Å². The van der Waals surface area contributed by atoms with E-state index in [1.807, 2.05) is 0 Å². The largest absolute Gasteiger partial charge is 0.426 e. The van der Waals surface area contributed by atoms with Crippen LogP contribution >= 0.6 is 0 Å². The molecule has 0 aliphatic carbocycles. The van der Waals surface area contributed by atoms with Crippen molar-refractivity contribution >= 4 is 16.9 Å². The van der Waals surface area contributed by atoms with Gasteiger partial charge < -0.3 is 14.9 Å². The molecule has 0 amide bonds. The number of carbonyl (C=O) groups excluding carboxylic acids is 1. The smallest absolute Gasteiger partial charge is 0.336 e. The fourth-order valence-corrected chi connectivity index (χ4v) is 1.40. The van der Waals surface area contributed by atoms with Crippen LogP contribution in [-0.2, 0) is 4.79 Å². The van der Waals surface area contributed by atoms with Crippen LogP contribution in [0.4, 0.5) is 0 Å². The minimum atomic E-state index is -0.442. The molecular formula is C12H11NO4. The van der Waals surface area contributed by atoms with E-state index < -0.39 is 11.6 Å². The number of hydrogen-bond acceptors (Lipinski definition) is 5. The number of hydrogen-bond donors (Lipinski definition) is 1.